The molecule has 7 rings (SSSR count). The first kappa shape index (κ1) is 44.4. The molecular weight excluding hydrogens is 830 g/mol. The van der Waals surface area contributed by atoms with Gasteiger partial charge in [-0.15, -0.1) is 0 Å². The van der Waals surface area contributed by atoms with E-state index in [4.69, 9.17) is 40.5 Å². The molecule has 0 atom stereocenters. The molecule has 62 heavy (non-hydrogen) atoms. The van der Waals surface area contributed by atoms with Gasteiger partial charge in [0.15, 0.2) is 0 Å². The number of carbonyl (C=O) groups excluding carboxylic acids is 1. The SMILES string of the molecule is COc1ccc(CN(Cc2ccc(OC)cc2)c2ccc(C(F)(F)F)c(-c3cc4nc(OCCN5CC(CF)C5)nc(N5CCN(C(=O)OC(C)(C)C)CC5)c4cc3Cl)n2)cc1. The van der Waals surface area contributed by atoms with Crippen molar-refractivity contribution in [3.8, 4) is 28.8 Å². The molecule has 1 amide bonds. The second kappa shape index (κ2) is 18.8. The summed E-state index contributed by atoms with van der Waals surface area (Å²) in [4.78, 5) is 34.6. The molecule has 0 bridgehead atoms. The third-order valence-electron chi connectivity index (χ3n) is 10.7. The average molecular weight is 880 g/mol. The van der Waals surface area contributed by atoms with E-state index in [2.05, 4.69) is 9.88 Å². The Hall–Kier alpha value is -5.61. The molecule has 330 valence electrons. The molecule has 0 aliphatic carbocycles. The molecule has 0 spiro atoms. The van der Waals surface area contributed by atoms with Crippen LogP contribution in [0.2, 0.25) is 5.02 Å². The number of rotatable bonds is 14. The number of nitrogens with zero attached hydrogens (tertiary/aromatic N) is 7. The van der Waals surface area contributed by atoms with Crippen LogP contribution < -0.4 is 24.0 Å². The minimum absolute atomic E-state index is 0.00621. The van der Waals surface area contributed by atoms with Gasteiger partial charge in [-0.05, 0) is 80.4 Å². The Balaban J connectivity index is 1.27. The van der Waals surface area contributed by atoms with Crippen molar-refractivity contribution in [2.24, 2.45) is 5.92 Å². The number of benzene rings is 3. The average Bonchev–Trinajstić information content (AvgIpc) is 3.23. The lowest BCUT2D eigenvalue weighted by atomic mass is 10.0. The summed E-state index contributed by atoms with van der Waals surface area (Å²) < 4.78 is 80.2. The van der Waals surface area contributed by atoms with Crippen LogP contribution in [0.15, 0.2) is 72.8 Å². The van der Waals surface area contributed by atoms with Gasteiger partial charge in [0.25, 0.3) is 0 Å². The van der Waals surface area contributed by atoms with Crippen molar-refractivity contribution >= 4 is 40.2 Å². The number of carbonyl (C=O) groups is 1. The van der Waals surface area contributed by atoms with E-state index in [0.717, 1.165) is 17.2 Å². The van der Waals surface area contributed by atoms with Gasteiger partial charge in [0.1, 0.15) is 35.3 Å². The molecule has 12 nitrogen and oxygen atoms in total. The molecular formula is C45H50ClF4N7O5. The van der Waals surface area contributed by atoms with E-state index >= 15 is 0 Å². The van der Waals surface area contributed by atoms with Crippen molar-refractivity contribution in [1.82, 2.24) is 24.8 Å². The van der Waals surface area contributed by atoms with Crippen LogP contribution in [0.4, 0.5) is 34.0 Å². The van der Waals surface area contributed by atoms with Crippen LogP contribution >= 0.6 is 11.6 Å². The van der Waals surface area contributed by atoms with Crippen molar-refractivity contribution in [3.63, 3.8) is 0 Å². The second-order valence-electron chi connectivity index (χ2n) is 16.4. The smallest absolute Gasteiger partial charge is 0.418 e. The third-order valence-corrected chi connectivity index (χ3v) is 11.0. The molecule has 0 unspecified atom stereocenters. The molecule has 2 aliphatic rings. The number of likely N-dealkylation sites (tertiary alicyclic amines) is 1. The largest absolute Gasteiger partial charge is 0.497 e. The maximum atomic E-state index is 15.0. The van der Waals surface area contributed by atoms with Gasteiger partial charge in [0.2, 0.25) is 0 Å². The van der Waals surface area contributed by atoms with Gasteiger partial charge in [0.05, 0.1) is 42.7 Å². The molecule has 0 saturated carbocycles. The lowest BCUT2D eigenvalue weighted by Gasteiger charge is -2.37. The van der Waals surface area contributed by atoms with Crippen LogP contribution in [-0.2, 0) is 24.0 Å². The van der Waals surface area contributed by atoms with Crippen molar-refractivity contribution in [2.45, 2.75) is 45.6 Å². The highest BCUT2D eigenvalue weighted by Crippen LogP contribution is 2.42. The Morgan fingerprint density at radius 3 is 2.00 bits per heavy atom. The molecule has 5 aromatic rings. The summed E-state index contributed by atoms with van der Waals surface area (Å²) in [5.41, 5.74) is 0.0653. The van der Waals surface area contributed by atoms with E-state index in [0.29, 0.717) is 81.6 Å². The maximum Gasteiger partial charge on any atom is 0.418 e. The van der Waals surface area contributed by atoms with E-state index in [-0.39, 0.29) is 52.8 Å². The Bertz CT molecular complexity index is 2280. The number of hydrogen-bond donors (Lipinski definition) is 0. The molecule has 0 N–H and O–H groups in total. The summed E-state index contributed by atoms with van der Waals surface area (Å²) in [6.45, 7) is 9.05. The standard InChI is InChI=1S/C45H50ClF4N7O5/c1-44(2,3)62-43(58)56-18-16-55(17-19-56)41-35-22-37(46)34(23-38(35)51-42(53-41)61-21-20-54-25-31(24-47)26-54)40-36(45(48,49)50)14-15-39(52-40)57(27-29-6-10-32(59-4)11-7-29)28-30-8-12-33(60-5)13-9-30/h6-15,22-23,31H,16-21,24-28H2,1-5H3. The lowest BCUT2D eigenvalue weighted by molar-refractivity contribution is -0.137. The summed E-state index contributed by atoms with van der Waals surface area (Å²) >= 11 is 7.00. The van der Waals surface area contributed by atoms with Crippen LogP contribution in [0.25, 0.3) is 22.2 Å². The Morgan fingerprint density at radius 2 is 1.45 bits per heavy atom. The zero-order valence-corrected chi connectivity index (χ0v) is 36.1. The first-order valence-corrected chi connectivity index (χ1v) is 20.7. The van der Waals surface area contributed by atoms with Crippen LogP contribution in [-0.4, -0.2) is 110 Å². The molecule has 4 heterocycles. The molecule has 2 fully saturated rings. The van der Waals surface area contributed by atoms with E-state index in [1.165, 1.54) is 12.1 Å². The number of hydrogen-bond acceptors (Lipinski definition) is 11. The van der Waals surface area contributed by atoms with Gasteiger partial charge in [0, 0.05) is 75.8 Å². The molecule has 2 saturated heterocycles. The van der Waals surface area contributed by atoms with Crippen LogP contribution in [0.5, 0.6) is 17.5 Å². The fourth-order valence-electron chi connectivity index (χ4n) is 7.43. The van der Waals surface area contributed by atoms with Crippen molar-refractivity contribution in [2.75, 3.05) is 83.1 Å². The number of anilines is 2. The van der Waals surface area contributed by atoms with Gasteiger partial charge in [-0.2, -0.15) is 23.1 Å². The molecule has 3 aromatic carbocycles. The van der Waals surface area contributed by atoms with E-state index in [1.54, 1.807) is 46.0 Å². The Labute approximate surface area is 363 Å². The normalized spacial score (nSPS) is 15.1. The van der Waals surface area contributed by atoms with Crippen LogP contribution in [0, 0.1) is 5.92 Å². The van der Waals surface area contributed by atoms with Gasteiger partial charge in [-0.25, -0.2) is 9.78 Å². The molecule has 0 radical (unpaired) electrons. The van der Waals surface area contributed by atoms with Crippen LogP contribution in [0.1, 0.15) is 37.5 Å². The quantitative estimate of drug-likeness (QED) is 0.0999. The molecule has 17 heteroatoms. The number of methoxy groups -OCH3 is 2. The first-order chi connectivity index (χ1) is 29.6. The number of fused-ring (bicyclic) bond motifs is 1. The fourth-order valence-corrected chi connectivity index (χ4v) is 7.68. The number of piperazine rings is 1. The lowest BCUT2D eigenvalue weighted by Crippen LogP contribution is -2.50. The number of aromatic nitrogens is 3. The van der Waals surface area contributed by atoms with Crippen molar-refractivity contribution < 1.29 is 41.3 Å². The minimum Gasteiger partial charge on any atom is -0.497 e. The zero-order chi connectivity index (χ0) is 44.2. The molecule has 2 aliphatic heterocycles. The van der Waals surface area contributed by atoms with Gasteiger partial charge >= 0.3 is 18.3 Å². The minimum atomic E-state index is -4.78. The van der Waals surface area contributed by atoms with Gasteiger partial charge in [-0.1, -0.05) is 35.9 Å². The Kier molecular flexibility index (Phi) is 13.5. The highest BCUT2D eigenvalue weighted by Gasteiger charge is 2.36. The summed E-state index contributed by atoms with van der Waals surface area (Å²) in [5.74, 6) is 2.08. The second-order valence-corrected chi connectivity index (χ2v) is 16.8. The number of ether oxygens (including phenoxy) is 4. The predicted octanol–water partition coefficient (Wildman–Crippen LogP) is 8.93. The topological polar surface area (TPSA) is 106 Å². The highest BCUT2D eigenvalue weighted by atomic mass is 35.5. The van der Waals surface area contributed by atoms with Gasteiger partial charge in [-0.3, -0.25) is 9.29 Å². The summed E-state index contributed by atoms with van der Waals surface area (Å²) in [6, 6.07) is 20.3. The number of alkyl halides is 4. The fraction of sp³-hybridized carbons (Fsp3) is 0.422. The summed E-state index contributed by atoms with van der Waals surface area (Å²) in [7, 11) is 3.15. The van der Waals surface area contributed by atoms with Crippen molar-refractivity contribution in [3.05, 3.63) is 94.5 Å². The zero-order valence-electron chi connectivity index (χ0n) is 35.3. The first-order valence-electron chi connectivity index (χ1n) is 20.4. The van der Waals surface area contributed by atoms with Gasteiger partial charge < -0.3 is 33.6 Å². The third kappa shape index (κ3) is 10.7. The maximum absolute atomic E-state index is 15.0. The Morgan fingerprint density at radius 1 is 0.839 bits per heavy atom. The summed E-state index contributed by atoms with van der Waals surface area (Å²) in [6.07, 6.45) is -5.21. The van der Waals surface area contributed by atoms with Crippen molar-refractivity contribution in [1.29, 1.82) is 0 Å². The van der Waals surface area contributed by atoms with E-state index < -0.39 is 23.4 Å². The molecule has 2 aromatic heterocycles. The predicted molar refractivity (Wildman–Crippen MR) is 230 cm³/mol. The monoisotopic (exact) mass is 879 g/mol. The summed E-state index contributed by atoms with van der Waals surface area (Å²) in [5, 5.41) is 0.492. The van der Waals surface area contributed by atoms with E-state index in [9.17, 15) is 22.4 Å². The number of pyridine rings is 1. The van der Waals surface area contributed by atoms with Crippen LogP contribution in [0.3, 0.4) is 0 Å². The number of halogens is 5. The number of amides is 1. The van der Waals surface area contributed by atoms with E-state index in [1.807, 2.05) is 58.3 Å². The highest BCUT2D eigenvalue weighted by molar-refractivity contribution is 6.34.